The van der Waals surface area contributed by atoms with Crippen molar-refractivity contribution < 1.29 is 5.21 Å². The highest BCUT2D eigenvalue weighted by Crippen LogP contribution is 2.20. The first-order valence-electron chi connectivity index (χ1n) is 6.92. The first-order chi connectivity index (χ1) is 9.10. The van der Waals surface area contributed by atoms with E-state index in [1.165, 1.54) is 5.56 Å². The summed E-state index contributed by atoms with van der Waals surface area (Å²) in [5.41, 5.74) is 7.70. The minimum absolute atomic E-state index is 0.143. The van der Waals surface area contributed by atoms with E-state index in [-0.39, 0.29) is 11.4 Å². The van der Waals surface area contributed by atoms with Crippen molar-refractivity contribution in [2.24, 2.45) is 10.9 Å². The maximum atomic E-state index is 8.61. The number of oxime groups is 1. The largest absolute Gasteiger partial charge is 0.409 e. The highest BCUT2D eigenvalue weighted by Gasteiger charge is 2.22. The van der Waals surface area contributed by atoms with Crippen LogP contribution in [0.25, 0.3) is 0 Å². The van der Waals surface area contributed by atoms with E-state index in [0.29, 0.717) is 0 Å². The van der Waals surface area contributed by atoms with Crippen LogP contribution in [0.2, 0.25) is 0 Å². The summed E-state index contributed by atoms with van der Waals surface area (Å²) in [6.45, 7) is 7.51. The SMILES string of the molecule is CCC(CC)(CC)NCc1ccc(C(N)=NO)cc1. The minimum atomic E-state index is 0.143. The van der Waals surface area contributed by atoms with Crippen LogP contribution in [-0.2, 0) is 6.54 Å². The van der Waals surface area contributed by atoms with Gasteiger partial charge in [-0.05, 0) is 24.8 Å². The molecule has 1 aromatic carbocycles. The van der Waals surface area contributed by atoms with Crippen molar-refractivity contribution in [2.75, 3.05) is 0 Å². The summed E-state index contributed by atoms with van der Waals surface area (Å²) >= 11 is 0. The van der Waals surface area contributed by atoms with Gasteiger partial charge in [-0.15, -0.1) is 0 Å². The number of hydrogen-bond acceptors (Lipinski definition) is 3. The molecular formula is C15H25N3O. The van der Waals surface area contributed by atoms with Crippen LogP contribution in [-0.4, -0.2) is 16.6 Å². The molecule has 0 fully saturated rings. The van der Waals surface area contributed by atoms with Gasteiger partial charge in [0.05, 0.1) is 0 Å². The molecular weight excluding hydrogens is 238 g/mol. The van der Waals surface area contributed by atoms with E-state index in [1.807, 2.05) is 24.3 Å². The summed E-state index contributed by atoms with van der Waals surface area (Å²) in [7, 11) is 0. The van der Waals surface area contributed by atoms with E-state index in [4.69, 9.17) is 10.9 Å². The van der Waals surface area contributed by atoms with Crippen LogP contribution in [0.15, 0.2) is 29.4 Å². The Hall–Kier alpha value is -1.55. The molecule has 4 heteroatoms. The molecule has 0 bridgehead atoms. The molecule has 0 saturated heterocycles. The standard InChI is InChI=1S/C15H25N3O/c1-4-15(5-2,6-3)17-11-12-7-9-13(10-8-12)14(16)18-19/h7-10,17,19H,4-6,11H2,1-3H3,(H2,16,18). The second-order valence-corrected chi connectivity index (χ2v) is 4.88. The lowest BCUT2D eigenvalue weighted by molar-refractivity contribution is 0.288. The summed E-state index contributed by atoms with van der Waals surface area (Å²) in [5.74, 6) is 0.143. The van der Waals surface area contributed by atoms with Crippen LogP contribution in [0.4, 0.5) is 0 Å². The monoisotopic (exact) mass is 263 g/mol. The quantitative estimate of drug-likeness (QED) is 0.306. The summed E-state index contributed by atoms with van der Waals surface area (Å²) < 4.78 is 0. The Morgan fingerprint density at radius 2 is 1.68 bits per heavy atom. The van der Waals surface area contributed by atoms with Gasteiger partial charge >= 0.3 is 0 Å². The number of nitrogens with two attached hydrogens (primary N) is 1. The van der Waals surface area contributed by atoms with Gasteiger partial charge in [0.1, 0.15) is 0 Å². The van der Waals surface area contributed by atoms with E-state index >= 15 is 0 Å². The number of amidine groups is 1. The highest BCUT2D eigenvalue weighted by molar-refractivity contribution is 5.96. The van der Waals surface area contributed by atoms with Gasteiger partial charge in [0.15, 0.2) is 5.84 Å². The number of nitrogens with one attached hydrogen (secondary N) is 1. The van der Waals surface area contributed by atoms with E-state index in [9.17, 15) is 0 Å². The van der Waals surface area contributed by atoms with Crippen molar-refractivity contribution in [3.63, 3.8) is 0 Å². The first kappa shape index (κ1) is 15.5. The number of rotatable bonds is 7. The number of nitrogens with zero attached hydrogens (tertiary/aromatic N) is 1. The van der Waals surface area contributed by atoms with Crippen molar-refractivity contribution in [2.45, 2.75) is 52.1 Å². The third kappa shape index (κ3) is 3.96. The predicted molar refractivity (Wildman–Crippen MR) is 79.4 cm³/mol. The fourth-order valence-corrected chi connectivity index (χ4v) is 2.27. The zero-order valence-electron chi connectivity index (χ0n) is 12.1. The highest BCUT2D eigenvalue weighted by atomic mass is 16.4. The summed E-state index contributed by atoms with van der Waals surface area (Å²) in [6.07, 6.45) is 3.38. The second-order valence-electron chi connectivity index (χ2n) is 4.88. The molecule has 4 N–H and O–H groups in total. The van der Waals surface area contributed by atoms with Crippen LogP contribution >= 0.6 is 0 Å². The van der Waals surface area contributed by atoms with Gasteiger partial charge in [0, 0.05) is 17.6 Å². The Bertz CT molecular complexity index is 400. The molecule has 106 valence electrons. The number of hydrogen-bond donors (Lipinski definition) is 3. The molecule has 4 nitrogen and oxygen atoms in total. The molecule has 0 aliphatic rings. The Labute approximate surface area is 115 Å². The maximum absolute atomic E-state index is 8.61. The first-order valence-corrected chi connectivity index (χ1v) is 6.92. The smallest absolute Gasteiger partial charge is 0.170 e. The summed E-state index contributed by atoms with van der Waals surface area (Å²) in [4.78, 5) is 0. The normalized spacial score (nSPS) is 12.7. The van der Waals surface area contributed by atoms with E-state index in [0.717, 1.165) is 31.4 Å². The topological polar surface area (TPSA) is 70.6 Å². The lowest BCUT2D eigenvalue weighted by Gasteiger charge is -2.32. The Balaban J connectivity index is 2.68. The second kappa shape index (κ2) is 7.14. The van der Waals surface area contributed by atoms with Crippen LogP contribution in [0, 0.1) is 0 Å². The minimum Gasteiger partial charge on any atom is -0.409 e. The van der Waals surface area contributed by atoms with Gasteiger partial charge in [-0.3, -0.25) is 0 Å². The molecule has 19 heavy (non-hydrogen) atoms. The third-order valence-corrected chi connectivity index (χ3v) is 4.06. The van der Waals surface area contributed by atoms with Gasteiger partial charge in [0.2, 0.25) is 0 Å². The molecule has 0 heterocycles. The summed E-state index contributed by atoms with van der Waals surface area (Å²) in [5, 5.41) is 15.3. The molecule has 0 spiro atoms. The lowest BCUT2D eigenvalue weighted by Crippen LogP contribution is -2.43. The average molecular weight is 263 g/mol. The van der Waals surface area contributed by atoms with Gasteiger partial charge in [-0.25, -0.2) is 0 Å². The molecule has 0 atom stereocenters. The van der Waals surface area contributed by atoms with Crippen molar-refractivity contribution in [1.29, 1.82) is 0 Å². The fourth-order valence-electron chi connectivity index (χ4n) is 2.27. The Morgan fingerprint density at radius 3 is 2.11 bits per heavy atom. The lowest BCUT2D eigenvalue weighted by atomic mass is 9.89. The molecule has 0 radical (unpaired) electrons. The third-order valence-electron chi connectivity index (χ3n) is 4.06. The van der Waals surface area contributed by atoms with Gasteiger partial charge < -0.3 is 16.3 Å². The van der Waals surface area contributed by atoms with Crippen LogP contribution in [0.5, 0.6) is 0 Å². The van der Waals surface area contributed by atoms with Crippen molar-refractivity contribution in [3.05, 3.63) is 35.4 Å². The zero-order chi connectivity index (χ0) is 14.3. The maximum Gasteiger partial charge on any atom is 0.170 e. The van der Waals surface area contributed by atoms with E-state index < -0.39 is 0 Å². The molecule has 0 unspecified atom stereocenters. The molecule has 0 amide bonds. The predicted octanol–water partition coefficient (Wildman–Crippen LogP) is 2.84. The van der Waals surface area contributed by atoms with E-state index in [2.05, 4.69) is 31.2 Å². The summed E-state index contributed by atoms with van der Waals surface area (Å²) in [6, 6.07) is 7.76. The molecule has 0 aromatic heterocycles. The molecule has 1 aromatic rings. The molecule has 0 aliphatic heterocycles. The van der Waals surface area contributed by atoms with Crippen LogP contribution in [0.3, 0.4) is 0 Å². The van der Waals surface area contributed by atoms with E-state index in [1.54, 1.807) is 0 Å². The molecule has 1 rings (SSSR count). The van der Waals surface area contributed by atoms with Crippen molar-refractivity contribution in [1.82, 2.24) is 5.32 Å². The Morgan fingerprint density at radius 1 is 1.16 bits per heavy atom. The Kier molecular flexibility index (Phi) is 5.83. The number of benzene rings is 1. The van der Waals surface area contributed by atoms with Gasteiger partial charge in [-0.1, -0.05) is 50.2 Å². The molecule has 0 aliphatic carbocycles. The fraction of sp³-hybridized carbons (Fsp3) is 0.533. The molecule has 0 saturated carbocycles. The zero-order valence-corrected chi connectivity index (χ0v) is 12.1. The average Bonchev–Trinajstić information content (AvgIpc) is 2.49. The van der Waals surface area contributed by atoms with Crippen molar-refractivity contribution in [3.8, 4) is 0 Å². The van der Waals surface area contributed by atoms with Crippen LogP contribution in [0.1, 0.15) is 51.2 Å². The van der Waals surface area contributed by atoms with Crippen molar-refractivity contribution >= 4 is 5.84 Å². The van der Waals surface area contributed by atoms with Gasteiger partial charge in [-0.2, -0.15) is 0 Å². The van der Waals surface area contributed by atoms with Crippen LogP contribution < -0.4 is 11.1 Å². The van der Waals surface area contributed by atoms with Gasteiger partial charge in [0.25, 0.3) is 0 Å².